The smallest absolute Gasteiger partial charge is 0.223 e. The Hall–Kier alpha value is -1.35. The second kappa shape index (κ2) is 7.49. The largest absolute Gasteiger partial charge is 0.353 e. The summed E-state index contributed by atoms with van der Waals surface area (Å²) in [5, 5.41) is 3.47. The van der Waals surface area contributed by atoms with Crippen LogP contribution < -0.4 is 11.1 Å². The van der Waals surface area contributed by atoms with Gasteiger partial charge in [-0.15, -0.1) is 0 Å². The van der Waals surface area contributed by atoms with Gasteiger partial charge in [0.05, 0.1) is 0 Å². The molecule has 4 rings (SSSR count). The monoisotopic (exact) mass is 340 g/mol. The number of rotatable bonds is 3. The van der Waals surface area contributed by atoms with Crippen molar-refractivity contribution in [2.75, 3.05) is 0 Å². The maximum Gasteiger partial charge on any atom is 0.223 e. The zero-order valence-electron chi connectivity index (χ0n) is 15.2. The molecule has 3 saturated carbocycles. The van der Waals surface area contributed by atoms with Crippen LogP contribution in [0, 0.1) is 17.8 Å². The number of carbonyl (C=O) groups excluding carboxylic acids is 1. The van der Waals surface area contributed by atoms with E-state index in [2.05, 4.69) is 35.6 Å². The van der Waals surface area contributed by atoms with Crippen molar-refractivity contribution in [2.24, 2.45) is 23.5 Å². The van der Waals surface area contributed by atoms with Crippen LogP contribution in [0.25, 0.3) is 0 Å². The molecule has 0 spiro atoms. The predicted octanol–water partition coefficient (Wildman–Crippen LogP) is 3.98. The molecule has 0 aromatic heterocycles. The van der Waals surface area contributed by atoms with Crippen LogP contribution in [-0.4, -0.2) is 18.0 Å². The highest BCUT2D eigenvalue weighted by molar-refractivity contribution is 5.79. The summed E-state index contributed by atoms with van der Waals surface area (Å²) in [6, 6.07) is 11.5. The first kappa shape index (κ1) is 17.1. The molecule has 2 atom stereocenters. The number of hydrogen-bond acceptors (Lipinski definition) is 2. The van der Waals surface area contributed by atoms with Crippen LogP contribution in [0.3, 0.4) is 0 Å². The quantitative estimate of drug-likeness (QED) is 0.874. The van der Waals surface area contributed by atoms with E-state index in [1.54, 1.807) is 0 Å². The molecule has 25 heavy (non-hydrogen) atoms. The molecule has 0 saturated heterocycles. The van der Waals surface area contributed by atoms with E-state index in [9.17, 15) is 4.79 Å². The summed E-state index contributed by atoms with van der Waals surface area (Å²) in [7, 11) is 0. The van der Waals surface area contributed by atoms with Crippen molar-refractivity contribution in [3.63, 3.8) is 0 Å². The standard InChI is InChI=1S/C22H32N2O/c23-20-13-18-7-4-8-19(14-20)21(18)24-22(25)17-11-9-16(10-12-17)15-5-2-1-3-6-15/h1-3,5-6,16-21H,4,7-14,23H2,(H,24,25). The van der Waals surface area contributed by atoms with E-state index >= 15 is 0 Å². The van der Waals surface area contributed by atoms with Gasteiger partial charge in [-0.1, -0.05) is 36.8 Å². The van der Waals surface area contributed by atoms with E-state index in [-0.39, 0.29) is 5.92 Å². The van der Waals surface area contributed by atoms with Gasteiger partial charge in [-0.25, -0.2) is 0 Å². The second-order valence-corrected chi connectivity index (χ2v) is 8.68. The number of amides is 1. The molecule has 3 aliphatic rings. The van der Waals surface area contributed by atoms with E-state index in [1.807, 2.05) is 0 Å². The Bertz CT molecular complexity index is 565. The summed E-state index contributed by atoms with van der Waals surface area (Å²) in [6.45, 7) is 0. The van der Waals surface area contributed by atoms with E-state index in [1.165, 1.54) is 24.8 Å². The van der Waals surface area contributed by atoms with Crippen LogP contribution in [0.4, 0.5) is 0 Å². The molecule has 1 amide bonds. The lowest BCUT2D eigenvalue weighted by Gasteiger charge is -2.45. The predicted molar refractivity (Wildman–Crippen MR) is 101 cm³/mol. The highest BCUT2D eigenvalue weighted by Crippen LogP contribution is 2.41. The molecule has 0 heterocycles. The van der Waals surface area contributed by atoms with E-state index < -0.39 is 0 Å². The fraction of sp³-hybridized carbons (Fsp3) is 0.682. The van der Waals surface area contributed by atoms with Crippen molar-refractivity contribution >= 4 is 5.91 Å². The third-order valence-corrected chi connectivity index (χ3v) is 7.05. The number of carbonyl (C=O) groups is 1. The molecule has 0 radical (unpaired) electrons. The van der Waals surface area contributed by atoms with Gasteiger partial charge in [0.2, 0.25) is 5.91 Å². The molecule has 2 bridgehead atoms. The number of benzene rings is 1. The number of hydrogen-bond donors (Lipinski definition) is 2. The Labute approximate surface area is 151 Å². The molecular formula is C22H32N2O. The van der Waals surface area contributed by atoms with Crippen LogP contribution in [0.1, 0.15) is 69.3 Å². The summed E-state index contributed by atoms with van der Waals surface area (Å²) in [4.78, 5) is 12.9. The molecule has 3 nitrogen and oxygen atoms in total. The number of fused-ring (bicyclic) bond motifs is 2. The van der Waals surface area contributed by atoms with Crippen molar-refractivity contribution < 1.29 is 4.79 Å². The van der Waals surface area contributed by atoms with Gasteiger partial charge < -0.3 is 11.1 Å². The molecule has 1 aromatic carbocycles. The minimum Gasteiger partial charge on any atom is -0.353 e. The maximum atomic E-state index is 12.9. The zero-order valence-corrected chi connectivity index (χ0v) is 15.2. The Kier molecular flexibility index (Phi) is 5.12. The average molecular weight is 341 g/mol. The molecule has 0 aliphatic heterocycles. The molecule has 2 unspecified atom stereocenters. The molecule has 1 aromatic rings. The average Bonchev–Trinajstić information content (AvgIpc) is 2.63. The summed E-state index contributed by atoms with van der Waals surface area (Å²) >= 11 is 0. The van der Waals surface area contributed by atoms with Gasteiger partial charge in [0.1, 0.15) is 0 Å². The van der Waals surface area contributed by atoms with Crippen molar-refractivity contribution in [3.8, 4) is 0 Å². The maximum absolute atomic E-state index is 12.9. The van der Waals surface area contributed by atoms with Gasteiger partial charge in [0, 0.05) is 18.0 Å². The van der Waals surface area contributed by atoms with Crippen molar-refractivity contribution in [2.45, 2.75) is 75.8 Å². The summed E-state index contributed by atoms with van der Waals surface area (Å²) < 4.78 is 0. The summed E-state index contributed by atoms with van der Waals surface area (Å²) in [5.74, 6) is 2.41. The lowest BCUT2D eigenvalue weighted by molar-refractivity contribution is -0.128. The van der Waals surface area contributed by atoms with Gasteiger partial charge >= 0.3 is 0 Å². The van der Waals surface area contributed by atoms with Gasteiger partial charge in [-0.05, 0) is 74.7 Å². The minimum atomic E-state index is 0.219. The number of nitrogens with two attached hydrogens (primary N) is 1. The van der Waals surface area contributed by atoms with Crippen molar-refractivity contribution in [1.29, 1.82) is 0 Å². The Morgan fingerprint density at radius 2 is 1.56 bits per heavy atom. The van der Waals surface area contributed by atoms with Crippen LogP contribution in [0.5, 0.6) is 0 Å². The SMILES string of the molecule is NC1CC2CCCC(C1)C2NC(=O)C1CCC(c2ccccc2)CC1. The van der Waals surface area contributed by atoms with Gasteiger partial charge in [0.15, 0.2) is 0 Å². The van der Waals surface area contributed by atoms with Crippen LogP contribution in [-0.2, 0) is 4.79 Å². The molecule has 3 N–H and O–H groups in total. The van der Waals surface area contributed by atoms with E-state index in [0.717, 1.165) is 38.5 Å². The third-order valence-electron chi connectivity index (χ3n) is 7.05. The molecular weight excluding hydrogens is 308 g/mol. The van der Waals surface area contributed by atoms with Crippen LogP contribution in [0.15, 0.2) is 30.3 Å². The van der Waals surface area contributed by atoms with Gasteiger partial charge in [0.25, 0.3) is 0 Å². The van der Waals surface area contributed by atoms with Gasteiger partial charge in [-0.2, -0.15) is 0 Å². The fourth-order valence-electron chi connectivity index (χ4n) is 5.72. The number of nitrogens with one attached hydrogen (secondary N) is 1. The first-order valence-electron chi connectivity index (χ1n) is 10.3. The summed E-state index contributed by atoms with van der Waals surface area (Å²) in [5.41, 5.74) is 7.66. The Morgan fingerprint density at radius 1 is 0.920 bits per heavy atom. The Morgan fingerprint density at radius 3 is 2.20 bits per heavy atom. The van der Waals surface area contributed by atoms with E-state index in [4.69, 9.17) is 5.73 Å². The highest BCUT2D eigenvalue weighted by Gasteiger charge is 2.40. The lowest BCUT2D eigenvalue weighted by atomic mass is 9.66. The first-order valence-corrected chi connectivity index (χ1v) is 10.3. The van der Waals surface area contributed by atoms with Gasteiger partial charge in [-0.3, -0.25) is 4.79 Å². The van der Waals surface area contributed by atoms with Crippen molar-refractivity contribution in [1.82, 2.24) is 5.32 Å². The normalized spacial score (nSPS) is 38.1. The van der Waals surface area contributed by atoms with Crippen LogP contribution >= 0.6 is 0 Å². The minimum absolute atomic E-state index is 0.219. The molecule has 136 valence electrons. The van der Waals surface area contributed by atoms with Crippen molar-refractivity contribution in [3.05, 3.63) is 35.9 Å². The van der Waals surface area contributed by atoms with Crippen LogP contribution in [0.2, 0.25) is 0 Å². The summed E-state index contributed by atoms with van der Waals surface area (Å²) in [6.07, 6.45) is 10.4. The topological polar surface area (TPSA) is 55.1 Å². The first-order chi connectivity index (χ1) is 12.2. The molecule has 3 aliphatic carbocycles. The highest BCUT2D eigenvalue weighted by atomic mass is 16.1. The molecule has 3 fully saturated rings. The Balaban J connectivity index is 1.32. The molecule has 3 heteroatoms. The third kappa shape index (κ3) is 3.76. The van der Waals surface area contributed by atoms with E-state index in [0.29, 0.717) is 35.7 Å². The lowest BCUT2D eigenvalue weighted by Crippen LogP contribution is -2.54. The fourth-order valence-corrected chi connectivity index (χ4v) is 5.72. The second-order valence-electron chi connectivity index (χ2n) is 8.68. The zero-order chi connectivity index (χ0) is 17.2.